The van der Waals surface area contributed by atoms with Gasteiger partial charge in [0.25, 0.3) is 5.91 Å². The van der Waals surface area contributed by atoms with Crippen molar-refractivity contribution in [1.29, 1.82) is 0 Å². The number of hydrogen-bond donors (Lipinski definition) is 1. The van der Waals surface area contributed by atoms with Crippen molar-refractivity contribution in [3.05, 3.63) is 41.4 Å². The van der Waals surface area contributed by atoms with E-state index >= 15 is 0 Å². The van der Waals surface area contributed by atoms with Gasteiger partial charge in [-0.3, -0.25) is 4.79 Å². The summed E-state index contributed by atoms with van der Waals surface area (Å²) < 4.78 is 0. The van der Waals surface area contributed by atoms with Gasteiger partial charge in [-0.25, -0.2) is 4.98 Å². The molecule has 94 valence electrons. The van der Waals surface area contributed by atoms with Crippen molar-refractivity contribution in [1.82, 2.24) is 10.3 Å². The molecular formula is C14H16N2OS. The van der Waals surface area contributed by atoms with Crippen molar-refractivity contribution in [3.8, 4) is 10.6 Å². The lowest BCUT2D eigenvalue weighted by atomic mass is 10.2. The molecule has 0 bridgehead atoms. The molecule has 3 nitrogen and oxygen atoms in total. The Labute approximate surface area is 111 Å². The molecule has 2 aromatic rings. The van der Waals surface area contributed by atoms with E-state index in [-0.39, 0.29) is 5.91 Å². The van der Waals surface area contributed by atoms with E-state index in [0.29, 0.717) is 12.2 Å². The summed E-state index contributed by atoms with van der Waals surface area (Å²) in [6.45, 7) is 2.82. The van der Waals surface area contributed by atoms with Gasteiger partial charge in [0.15, 0.2) is 0 Å². The summed E-state index contributed by atoms with van der Waals surface area (Å²) in [6, 6.07) is 9.90. The van der Waals surface area contributed by atoms with Crippen LogP contribution in [0.5, 0.6) is 0 Å². The number of hydrogen-bond acceptors (Lipinski definition) is 3. The molecule has 1 heterocycles. The maximum Gasteiger partial charge on any atom is 0.270 e. The number of thiazole rings is 1. The average Bonchev–Trinajstić information content (AvgIpc) is 2.89. The highest BCUT2D eigenvalue weighted by Crippen LogP contribution is 2.23. The van der Waals surface area contributed by atoms with Gasteiger partial charge in [-0.2, -0.15) is 0 Å². The first-order valence-electron chi connectivity index (χ1n) is 6.10. The molecule has 0 radical (unpaired) electrons. The highest BCUT2D eigenvalue weighted by Gasteiger charge is 2.10. The molecule has 0 aliphatic rings. The van der Waals surface area contributed by atoms with E-state index in [0.717, 1.165) is 23.4 Å². The number of carbonyl (C=O) groups excluding carboxylic acids is 1. The average molecular weight is 260 g/mol. The van der Waals surface area contributed by atoms with Gasteiger partial charge in [0.2, 0.25) is 0 Å². The highest BCUT2D eigenvalue weighted by molar-refractivity contribution is 7.13. The fourth-order valence-corrected chi connectivity index (χ4v) is 2.37. The first-order chi connectivity index (χ1) is 8.81. The van der Waals surface area contributed by atoms with E-state index in [1.807, 2.05) is 35.7 Å². The maximum absolute atomic E-state index is 11.8. The van der Waals surface area contributed by atoms with Crippen LogP contribution in [-0.4, -0.2) is 17.4 Å². The molecule has 1 N–H and O–H groups in total. The molecule has 0 saturated heterocycles. The zero-order chi connectivity index (χ0) is 12.8. The summed E-state index contributed by atoms with van der Waals surface area (Å²) in [6.07, 6.45) is 2.08. The molecule has 2 rings (SSSR count). The van der Waals surface area contributed by atoms with Gasteiger partial charge >= 0.3 is 0 Å². The first kappa shape index (κ1) is 12.8. The number of amides is 1. The smallest absolute Gasteiger partial charge is 0.270 e. The molecule has 0 spiro atoms. The second-order valence-corrected chi connectivity index (χ2v) is 4.87. The quantitative estimate of drug-likeness (QED) is 0.838. The molecule has 0 atom stereocenters. The number of benzene rings is 1. The third-order valence-corrected chi connectivity index (χ3v) is 3.46. The van der Waals surface area contributed by atoms with Crippen LogP contribution in [0.1, 0.15) is 30.3 Å². The topological polar surface area (TPSA) is 42.0 Å². The summed E-state index contributed by atoms with van der Waals surface area (Å²) in [7, 11) is 0. The maximum atomic E-state index is 11.8. The number of nitrogens with one attached hydrogen (secondary N) is 1. The minimum Gasteiger partial charge on any atom is -0.351 e. The van der Waals surface area contributed by atoms with Crippen LogP contribution >= 0.6 is 11.3 Å². The largest absolute Gasteiger partial charge is 0.351 e. The van der Waals surface area contributed by atoms with Crippen molar-refractivity contribution in [2.75, 3.05) is 6.54 Å². The predicted octanol–water partition coefficient (Wildman–Crippen LogP) is 3.34. The lowest BCUT2D eigenvalue weighted by molar-refractivity contribution is 0.0949. The molecule has 4 heteroatoms. The van der Waals surface area contributed by atoms with Gasteiger partial charge in [-0.05, 0) is 6.42 Å². The minimum atomic E-state index is -0.0816. The van der Waals surface area contributed by atoms with Crippen LogP contribution in [0.3, 0.4) is 0 Å². The van der Waals surface area contributed by atoms with Gasteiger partial charge < -0.3 is 5.32 Å². The van der Waals surface area contributed by atoms with Crippen molar-refractivity contribution in [2.24, 2.45) is 0 Å². The van der Waals surface area contributed by atoms with Gasteiger partial charge in [0.1, 0.15) is 10.7 Å². The monoisotopic (exact) mass is 260 g/mol. The third-order valence-electron chi connectivity index (χ3n) is 2.57. The van der Waals surface area contributed by atoms with Crippen LogP contribution in [-0.2, 0) is 0 Å². The van der Waals surface area contributed by atoms with Gasteiger partial charge in [-0.1, -0.05) is 43.7 Å². The Balaban J connectivity index is 2.04. The molecule has 0 saturated carbocycles. The Morgan fingerprint density at radius 3 is 2.83 bits per heavy atom. The number of nitrogens with zero attached hydrogens (tertiary/aromatic N) is 1. The van der Waals surface area contributed by atoms with E-state index in [2.05, 4.69) is 17.2 Å². The molecule has 1 aromatic carbocycles. The Morgan fingerprint density at radius 1 is 1.33 bits per heavy atom. The molecule has 1 amide bonds. The summed E-state index contributed by atoms with van der Waals surface area (Å²) >= 11 is 1.50. The van der Waals surface area contributed by atoms with Gasteiger partial charge in [0.05, 0.1) is 0 Å². The second-order valence-electron chi connectivity index (χ2n) is 4.01. The molecule has 18 heavy (non-hydrogen) atoms. The van der Waals surface area contributed by atoms with Crippen molar-refractivity contribution in [3.63, 3.8) is 0 Å². The molecule has 0 unspecified atom stereocenters. The van der Waals surface area contributed by atoms with Crippen LogP contribution in [0.4, 0.5) is 0 Å². The zero-order valence-corrected chi connectivity index (χ0v) is 11.2. The summed E-state index contributed by atoms with van der Waals surface area (Å²) in [5, 5.41) is 5.56. The van der Waals surface area contributed by atoms with Crippen LogP contribution in [0.2, 0.25) is 0 Å². The minimum absolute atomic E-state index is 0.0816. The van der Waals surface area contributed by atoms with E-state index in [9.17, 15) is 4.79 Å². The Kier molecular flexibility index (Phi) is 4.47. The SMILES string of the molecule is CCCCNC(=O)c1csc(-c2ccccc2)n1. The molecule has 0 aliphatic heterocycles. The summed E-state index contributed by atoms with van der Waals surface area (Å²) in [5.74, 6) is -0.0816. The Hall–Kier alpha value is -1.68. The van der Waals surface area contributed by atoms with E-state index in [4.69, 9.17) is 0 Å². The Bertz CT molecular complexity index is 508. The van der Waals surface area contributed by atoms with E-state index in [1.54, 1.807) is 0 Å². The highest BCUT2D eigenvalue weighted by atomic mass is 32.1. The number of rotatable bonds is 5. The summed E-state index contributed by atoms with van der Waals surface area (Å²) in [5.41, 5.74) is 1.56. The number of unbranched alkanes of at least 4 members (excludes halogenated alkanes) is 1. The standard InChI is InChI=1S/C14H16N2OS/c1-2-3-9-15-13(17)12-10-18-14(16-12)11-7-5-4-6-8-11/h4-8,10H,2-3,9H2,1H3,(H,15,17). The predicted molar refractivity (Wildman–Crippen MR) is 74.8 cm³/mol. The van der Waals surface area contributed by atoms with E-state index < -0.39 is 0 Å². The zero-order valence-electron chi connectivity index (χ0n) is 10.3. The van der Waals surface area contributed by atoms with Crippen LogP contribution < -0.4 is 5.32 Å². The Morgan fingerprint density at radius 2 is 2.11 bits per heavy atom. The van der Waals surface area contributed by atoms with E-state index in [1.165, 1.54) is 11.3 Å². The first-order valence-corrected chi connectivity index (χ1v) is 6.98. The van der Waals surface area contributed by atoms with Crippen LogP contribution in [0.25, 0.3) is 10.6 Å². The lowest BCUT2D eigenvalue weighted by Crippen LogP contribution is -2.24. The normalized spacial score (nSPS) is 10.3. The fraction of sp³-hybridized carbons (Fsp3) is 0.286. The molecule has 1 aromatic heterocycles. The number of carbonyl (C=O) groups is 1. The van der Waals surface area contributed by atoms with Crippen LogP contribution in [0, 0.1) is 0 Å². The molecule has 0 fully saturated rings. The number of aromatic nitrogens is 1. The van der Waals surface area contributed by atoms with Gasteiger partial charge in [0, 0.05) is 17.5 Å². The lowest BCUT2D eigenvalue weighted by Gasteiger charge is -2.00. The van der Waals surface area contributed by atoms with Crippen molar-refractivity contribution < 1.29 is 4.79 Å². The van der Waals surface area contributed by atoms with Gasteiger partial charge in [-0.15, -0.1) is 11.3 Å². The van der Waals surface area contributed by atoms with Crippen molar-refractivity contribution >= 4 is 17.2 Å². The molecule has 0 aliphatic carbocycles. The second kappa shape index (κ2) is 6.31. The van der Waals surface area contributed by atoms with Crippen molar-refractivity contribution in [2.45, 2.75) is 19.8 Å². The third kappa shape index (κ3) is 3.17. The van der Waals surface area contributed by atoms with Crippen LogP contribution in [0.15, 0.2) is 35.7 Å². The fourth-order valence-electron chi connectivity index (χ4n) is 1.56. The molecular weight excluding hydrogens is 244 g/mol. The summed E-state index contributed by atoms with van der Waals surface area (Å²) in [4.78, 5) is 16.2.